The molecule has 26 heavy (non-hydrogen) atoms. The van der Waals surface area contributed by atoms with Gasteiger partial charge in [-0.25, -0.2) is 4.79 Å². The molecule has 2 N–H and O–H groups in total. The fourth-order valence-electron chi connectivity index (χ4n) is 2.19. The lowest BCUT2D eigenvalue weighted by molar-refractivity contribution is 0.249. The lowest BCUT2D eigenvalue weighted by atomic mass is 10.2. The maximum Gasteiger partial charge on any atom is 0.319 e. The summed E-state index contributed by atoms with van der Waals surface area (Å²) < 4.78 is 5.26. The van der Waals surface area contributed by atoms with Crippen LogP contribution in [0.4, 0.5) is 10.5 Å². The highest BCUT2D eigenvalue weighted by Gasteiger charge is 2.09. The molecule has 1 atom stereocenters. The first-order chi connectivity index (χ1) is 12.6. The van der Waals surface area contributed by atoms with E-state index in [4.69, 9.17) is 4.52 Å². The zero-order chi connectivity index (χ0) is 18.4. The Kier molecular flexibility index (Phi) is 5.80. The first-order valence-corrected chi connectivity index (χ1v) is 9.25. The summed E-state index contributed by atoms with van der Waals surface area (Å²) in [6.07, 6.45) is 4.58. The van der Waals surface area contributed by atoms with Crippen LogP contribution in [0.2, 0.25) is 0 Å². The van der Waals surface area contributed by atoms with Gasteiger partial charge in [-0.2, -0.15) is 4.98 Å². The summed E-state index contributed by atoms with van der Waals surface area (Å²) in [5.41, 5.74) is 1.44. The Hall–Kier alpha value is -2.93. The number of anilines is 1. The van der Waals surface area contributed by atoms with Gasteiger partial charge in [0.05, 0.1) is 0 Å². The Balaban J connectivity index is 1.69. The van der Waals surface area contributed by atoms with Gasteiger partial charge in [0.25, 0.3) is 5.89 Å². The van der Waals surface area contributed by atoms with Crippen LogP contribution < -0.4 is 10.6 Å². The molecule has 0 spiro atoms. The number of urea groups is 1. The van der Waals surface area contributed by atoms with E-state index in [9.17, 15) is 4.79 Å². The van der Waals surface area contributed by atoms with Crippen molar-refractivity contribution in [3.8, 4) is 11.4 Å². The zero-order valence-electron chi connectivity index (χ0n) is 14.6. The molecule has 2 amide bonds. The van der Waals surface area contributed by atoms with E-state index in [-0.39, 0.29) is 12.1 Å². The molecule has 3 aromatic rings. The van der Waals surface area contributed by atoms with E-state index < -0.39 is 0 Å². The number of nitrogens with one attached hydrogen (secondary N) is 2. The fraction of sp³-hybridized carbons (Fsp3) is 0.211. The van der Waals surface area contributed by atoms with Gasteiger partial charge in [-0.3, -0.25) is 0 Å². The minimum Gasteiger partial charge on any atom is -0.335 e. The maximum absolute atomic E-state index is 12.0. The van der Waals surface area contributed by atoms with E-state index in [0.29, 0.717) is 17.4 Å². The zero-order valence-corrected chi connectivity index (χ0v) is 15.4. The van der Waals surface area contributed by atoms with Crippen LogP contribution in [0.15, 0.2) is 46.3 Å². The Labute approximate surface area is 155 Å². The van der Waals surface area contributed by atoms with E-state index in [1.54, 1.807) is 17.4 Å². The van der Waals surface area contributed by atoms with Crippen molar-refractivity contribution < 1.29 is 9.32 Å². The molecule has 0 aliphatic rings. The van der Waals surface area contributed by atoms with Crippen molar-refractivity contribution in [2.24, 2.45) is 0 Å². The van der Waals surface area contributed by atoms with E-state index in [1.165, 1.54) is 0 Å². The van der Waals surface area contributed by atoms with E-state index in [1.807, 2.05) is 61.7 Å². The molecule has 0 aliphatic heterocycles. The number of benzene rings is 1. The number of carbonyl (C=O) groups excluding carboxylic acids is 1. The van der Waals surface area contributed by atoms with Crippen LogP contribution in [-0.4, -0.2) is 22.2 Å². The van der Waals surface area contributed by atoms with Crippen LogP contribution in [0.5, 0.6) is 0 Å². The largest absolute Gasteiger partial charge is 0.335 e. The molecule has 3 rings (SSSR count). The molecule has 7 heteroatoms. The minimum atomic E-state index is -0.232. The highest BCUT2D eigenvalue weighted by Crippen LogP contribution is 2.21. The molecule has 2 heterocycles. The summed E-state index contributed by atoms with van der Waals surface area (Å²) in [4.78, 5) is 17.4. The highest BCUT2D eigenvalue weighted by atomic mass is 32.1. The maximum atomic E-state index is 12.0. The lowest BCUT2D eigenvalue weighted by Gasteiger charge is -2.12. The average molecular weight is 368 g/mol. The molecule has 2 aromatic heterocycles. The molecule has 6 nitrogen and oxygen atoms in total. The van der Waals surface area contributed by atoms with Gasteiger partial charge in [0.15, 0.2) is 0 Å². The van der Waals surface area contributed by atoms with Crippen molar-refractivity contribution >= 4 is 35.2 Å². The Morgan fingerprint density at radius 3 is 2.96 bits per heavy atom. The van der Waals surface area contributed by atoms with Crippen LogP contribution in [-0.2, 0) is 0 Å². The summed E-state index contributed by atoms with van der Waals surface area (Å²) in [6, 6.07) is 11.2. The quantitative estimate of drug-likeness (QED) is 0.649. The van der Waals surface area contributed by atoms with Crippen molar-refractivity contribution in [2.75, 3.05) is 5.32 Å². The number of amides is 2. The third kappa shape index (κ3) is 4.80. The van der Waals surface area contributed by atoms with Crippen LogP contribution in [0.25, 0.3) is 23.5 Å². The molecule has 1 aromatic carbocycles. The molecule has 1 unspecified atom stereocenters. The number of hydrogen-bond acceptors (Lipinski definition) is 5. The predicted octanol–water partition coefficient (Wildman–Crippen LogP) is 4.89. The number of nitrogens with zero attached hydrogens (tertiary/aromatic N) is 2. The summed E-state index contributed by atoms with van der Waals surface area (Å²) in [6.45, 7) is 3.98. The molecule has 0 radical (unpaired) electrons. The van der Waals surface area contributed by atoms with Crippen molar-refractivity contribution in [3.63, 3.8) is 0 Å². The molecule has 0 fully saturated rings. The van der Waals surface area contributed by atoms with Crippen LogP contribution in [0, 0.1) is 0 Å². The summed E-state index contributed by atoms with van der Waals surface area (Å²) >= 11 is 1.64. The first kappa shape index (κ1) is 17.9. The highest BCUT2D eigenvalue weighted by molar-refractivity contribution is 7.10. The van der Waals surface area contributed by atoms with Gasteiger partial charge in [-0.15, -0.1) is 11.3 Å². The molecular weight excluding hydrogens is 348 g/mol. The summed E-state index contributed by atoms with van der Waals surface area (Å²) in [5.74, 6) is 0.906. The molecule has 0 bridgehead atoms. The van der Waals surface area contributed by atoms with Gasteiger partial charge >= 0.3 is 6.03 Å². The standard InChI is InChI=1S/C19H20N4O2S/c1-3-13(2)20-19(24)21-15-7-4-6-14(12-15)18-22-17(25-23-18)10-9-16-8-5-11-26-16/h4-13H,3H2,1-2H3,(H2,20,21,24). The number of aromatic nitrogens is 2. The number of thiophene rings is 1. The molecular formula is C19H20N4O2S. The van der Waals surface area contributed by atoms with Gasteiger partial charge in [-0.1, -0.05) is 30.3 Å². The van der Waals surface area contributed by atoms with Crippen LogP contribution in [0.3, 0.4) is 0 Å². The second-order valence-electron chi connectivity index (χ2n) is 5.79. The number of hydrogen-bond donors (Lipinski definition) is 2. The van der Waals surface area contributed by atoms with Crippen molar-refractivity contribution in [1.29, 1.82) is 0 Å². The summed E-state index contributed by atoms with van der Waals surface area (Å²) in [5, 5.41) is 11.7. The van der Waals surface area contributed by atoms with E-state index in [2.05, 4.69) is 20.8 Å². The molecule has 0 saturated carbocycles. The van der Waals surface area contributed by atoms with Gasteiger partial charge in [0, 0.05) is 28.2 Å². The van der Waals surface area contributed by atoms with Crippen LogP contribution in [0.1, 0.15) is 31.0 Å². The van der Waals surface area contributed by atoms with E-state index in [0.717, 1.165) is 16.9 Å². The fourth-order valence-corrected chi connectivity index (χ4v) is 2.81. The third-order valence-electron chi connectivity index (χ3n) is 3.74. The Morgan fingerprint density at radius 1 is 1.31 bits per heavy atom. The second-order valence-corrected chi connectivity index (χ2v) is 6.77. The second kappa shape index (κ2) is 8.44. The van der Waals surface area contributed by atoms with Gasteiger partial charge < -0.3 is 15.2 Å². The van der Waals surface area contributed by atoms with E-state index >= 15 is 0 Å². The normalized spacial score (nSPS) is 12.2. The first-order valence-electron chi connectivity index (χ1n) is 8.37. The van der Waals surface area contributed by atoms with Crippen molar-refractivity contribution in [1.82, 2.24) is 15.5 Å². The third-order valence-corrected chi connectivity index (χ3v) is 4.58. The smallest absolute Gasteiger partial charge is 0.319 e. The molecule has 0 aliphatic carbocycles. The average Bonchev–Trinajstić information content (AvgIpc) is 3.31. The SMILES string of the molecule is CCC(C)NC(=O)Nc1cccc(-c2noc(C=Cc3cccs3)n2)c1. The molecule has 134 valence electrons. The Bertz CT molecular complexity index is 887. The minimum absolute atomic E-state index is 0.119. The number of carbonyl (C=O) groups is 1. The van der Waals surface area contributed by atoms with Gasteiger partial charge in [-0.05, 0) is 43.0 Å². The molecule has 0 saturated heterocycles. The van der Waals surface area contributed by atoms with Crippen LogP contribution >= 0.6 is 11.3 Å². The van der Waals surface area contributed by atoms with Gasteiger partial charge in [0.2, 0.25) is 5.82 Å². The predicted molar refractivity (Wildman–Crippen MR) is 105 cm³/mol. The number of rotatable bonds is 6. The lowest BCUT2D eigenvalue weighted by Crippen LogP contribution is -2.35. The monoisotopic (exact) mass is 368 g/mol. The van der Waals surface area contributed by atoms with Crippen molar-refractivity contribution in [2.45, 2.75) is 26.3 Å². The summed E-state index contributed by atoms with van der Waals surface area (Å²) in [7, 11) is 0. The Morgan fingerprint density at radius 2 is 2.19 bits per heavy atom. The van der Waals surface area contributed by atoms with Crippen molar-refractivity contribution in [3.05, 3.63) is 52.5 Å². The van der Waals surface area contributed by atoms with Gasteiger partial charge in [0.1, 0.15) is 0 Å². The topological polar surface area (TPSA) is 80.0 Å².